The number of halogens is 3. The molecule has 180 valence electrons. The number of carbonyl (C=O) groups is 2. The van der Waals surface area contributed by atoms with Gasteiger partial charge in [-0.3, -0.25) is 14.5 Å². The molecule has 2 aromatic carbocycles. The quantitative estimate of drug-likeness (QED) is 0.178. The molecule has 0 unspecified atom stereocenters. The summed E-state index contributed by atoms with van der Waals surface area (Å²) in [7, 11) is 0. The first kappa shape index (κ1) is 26.8. The third-order valence-corrected chi connectivity index (χ3v) is 6.64. The van der Waals surface area contributed by atoms with Crippen molar-refractivity contribution in [1.82, 2.24) is 10.2 Å². The largest absolute Gasteiger partial charge is 0.466 e. The van der Waals surface area contributed by atoms with Gasteiger partial charge in [-0.1, -0.05) is 115 Å². The summed E-state index contributed by atoms with van der Waals surface area (Å²) in [6.07, 6.45) is 0.885. The third kappa shape index (κ3) is 7.62. The molecule has 1 fully saturated rings. The van der Waals surface area contributed by atoms with Crippen LogP contribution in [-0.4, -0.2) is 31.1 Å². The lowest BCUT2D eigenvalue weighted by Crippen LogP contribution is -2.48. The SMILES string of the molecule is CC(C)CC(=O)N[C@H](Oc1ccc(/C=C2\SC(=S)N(Cc3ccccc3)C2=O)cc1)C(Cl)(Cl)Cl. The van der Waals surface area contributed by atoms with E-state index in [9.17, 15) is 9.59 Å². The Morgan fingerprint density at radius 2 is 1.79 bits per heavy atom. The first-order chi connectivity index (χ1) is 16.0. The van der Waals surface area contributed by atoms with Crippen molar-refractivity contribution in [3.8, 4) is 5.75 Å². The highest BCUT2D eigenvalue weighted by atomic mass is 35.6. The molecule has 10 heteroatoms. The summed E-state index contributed by atoms with van der Waals surface area (Å²) < 4.78 is 4.38. The Balaban J connectivity index is 1.68. The second kappa shape index (κ2) is 11.8. The molecule has 2 aromatic rings. The van der Waals surface area contributed by atoms with Crippen LogP contribution in [0.4, 0.5) is 0 Å². The van der Waals surface area contributed by atoms with E-state index in [0.717, 1.165) is 11.1 Å². The Labute approximate surface area is 223 Å². The van der Waals surface area contributed by atoms with E-state index in [4.69, 9.17) is 51.8 Å². The fourth-order valence-corrected chi connectivity index (χ4v) is 4.64. The number of nitrogens with one attached hydrogen (secondary N) is 1. The maximum atomic E-state index is 12.9. The number of thiocarbonyl (C=S) groups is 1. The maximum absolute atomic E-state index is 12.9. The van der Waals surface area contributed by atoms with Gasteiger partial charge in [0.1, 0.15) is 10.1 Å². The molecule has 0 bridgehead atoms. The fraction of sp³-hybridized carbons (Fsp3) is 0.292. The van der Waals surface area contributed by atoms with Crippen LogP contribution in [-0.2, 0) is 16.1 Å². The predicted molar refractivity (Wildman–Crippen MR) is 144 cm³/mol. The molecule has 0 radical (unpaired) electrons. The summed E-state index contributed by atoms with van der Waals surface area (Å²) in [5.41, 5.74) is 1.78. The summed E-state index contributed by atoms with van der Waals surface area (Å²) in [5, 5.41) is 2.61. The van der Waals surface area contributed by atoms with Crippen LogP contribution in [0.1, 0.15) is 31.4 Å². The normalized spacial score (nSPS) is 16.3. The van der Waals surface area contributed by atoms with E-state index in [0.29, 0.717) is 21.5 Å². The van der Waals surface area contributed by atoms with Crippen LogP contribution in [0.15, 0.2) is 59.5 Å². The van der Waals surface area contributed by atoms with E-state index >= 15 is 0 Å². The molecule has 1 aliphatic rings. The minimum Gasteiger partial charge on any atom is -0.466 e. The maximum Gasteiger partial charge on any atom is 0.266 e. The van der Waals surface area contributed by atoms with Crippen LogP contribution < -0.4 is 10.1 Å². The van der Waals surface area contributed by atoms with Crippen LogP contribution in [0, 0.1) is 5.92 Å². The number of hydrogen-bond donors (Lipinski definition) is 1. The van der Waals surface area contributed by atoms with Gasteiger partial charge in [0.25, 0.3) is 5.91 Å². The number of carbonyl (C=O) groups excluding carboxylic acids is 2. The lowest BCUT2D eigenvalue weighted by molar-refractivity contribution is -0.124. The zero-order valence-corrected chi connectivity index (χ0v) is 22.4. The number of rotatable bonds is 8. The molecule has 1 saturated heterocycles. The van der Waals surface area contributed by atoms with Crippen molar-refractivity contribution in [2.45, 2.75) is 36.8 Å². The fourth-order valence-electron chi connectivity index (χ4n) is 3.09. The second-order valence-electron chi connectivity index (χ2n) is 8.03. The van der Waals surface area contributed by atoms with Gasteiger partial charge >= 0.3 is 0 Å². The minimum atomic E-state index is -1.86. The lowest BCUT2D eigenvalue weighted by Gasteiger charge is -2.26. The van der Waals surface area contributed by atoms with Crippen LogP contribution in [0.2, 0.25) is 0 Å². The van der Waals surface area contributed by atoms with Gasteiger partial charge < -0.3 is 10.1 Å². The molecule has 1 atom stereocenters. The van der Waals surface area contributed by atoms with E-state index in [1.165, 1.54) is 11.8 Å². The van der Waals surface area contributed by atoms with Gasteiger partial charge in [0.2, 0.25) is 15.9 Å². The Hall–Kier alpha value is -1.77. The summed E-state index contributed by atoms with van der Waals surface area (Å²) in [6.45, 7) is 4.26. The van der Waals surface area contributed by atoms with E-state index in [1.54, 1.807) is 35.2 Å². The second-order valence-corrected chi connectivity index (χ2v) is 12.1. The topological polar surface area (TPSA) is 58.6 Å². The summed E-state index contributed by atoms with van der Waals surface area (Å²) in [4.78, 5) is 27.1. The number of ether oxygens (including phenoxy) is 1. The smallest absolute Gasteiger partial charge is 0.266 e. The standard InChI is InChI=1S/C24H23Cl3N2O3S2/c1-15(2)12-20(30)28-22(24(25,26)27)32-18-10-8-16(9-11-18)13-19-21(31)29(23(33)34-19)14-17-6-4-3-5-7-17/h3-11,13,15,22H,12,14H2,1-2H3,(H,28,30)/b19-13-/t22-/m1/s1. The van der Waals surface area contributed by atoms with Gasteiger partial charge in [-0.05, 0) is 35.3 Å². The van der Waals surface area contributed by atoms with E-state index in [-0.39, 0.29) is 24.2 Å². The molecule has 0 aliphatic carbocycles. The number of alkyl halides is 3. The highest BCUT2D eigenvalue weighted by Crippen LogP contribution is 2.35. The number of nitrogens with zero attached hydrogens (tertiary/aromatic N) is 1. The first-order valence-electron chi connectivity index (χ1n) is 10.4. The van der Waals surface area contributed by atoms with Crippen molar-refractivity contribution in [1.29, 1.82) is 0 Å². The molecule has 1 N–H and O–H groups in total. The molecule has 1 heterocycles. The van der Waals surface area contributed by atoms with Crippen molar-refractivity contribution < 1.29 is 14.3 Å². The number of hydrogen-bond acceptors (Lipinski definition) is 5. The predicted octanol–water partition coefficient (Wildman–Crippen LogP) is 6.33. The zero-order chi connectivity index (χ0) is 24.9. The number of amides is 2. The Morgan fingerprint density at radius 1 is 1.15 bits per heavy atom. The zero-order valence-electron chi connectivity index (χ0n) is 18.5. The molecule has 0 spiro atoms. The van der Waals surface area contributed by atoms with Crippen LogP contribution in [0.25, 0.3) is 6.08 Å². The van der Waals surface area contributed by atoms with Gasteiger partial charge in [-0.15, -0.1) is 0 Å². The molecule has 0 aromatic heterocycles. The van der Waals surface area contributed by atoms with Crippen molar-refractivity contribution in [3.63, 3.8) is 0 Å². The monoisotopic (exact) mass is 556 g/mol. The van der Waals surface area contributed by atoms with Crippen LogP contribution in [0.5, 0.6) is 5.75 Å². The Kier molecular flexibility index (Phi) is 9.29. The summed E-state index contributed by atoms with van der Waals surface area (Å²) in [6, 6.07) is 16.6. The summed E-state index contributed by atoms with van der Waals surface area (Å²) >= 11 is 24.7. The van der Waals surface area contributed by atoms with Crippen molar-refractivity contribution in [2.24, 2.45) is 5.92 Å². The average molecular weight is 558 g/mol. The van der Waals surface area contributed by atoms with Gasteiger partial charge in [-0.25, -0.2) is 0 Å². The molecule has 2 amide bonds. The van der Waals surface area contributed by atoms with Gasteiger partial charge in [0.05, 0.1) is 11.4 Å². The Bertz CT molecular complexity index is 1070. The molecular formula is C24H23Cl3N2O3S2. The molecular weight excluding hydrogens is 535 g/mol. The highest BCUT2D eigenvalue weighted by Gasteiger charge is 2.36. The molecule has 34 heavy (non-hydrogen) atoms. The molecule has 0 saturated carbocycles. The van der Waals surface area contributed by atoms with Crippen molar-refractivity contribution >= 4 is 81.0 Å². The van der Waals surface area contributed by atoms with Crippen molar-refractivity contribution in [3.05, 3.63) is 70.6 Å². The number of benzene rings is 2. The number of thioether (sulfide) groups is 1. The molecule has 1 aliphatic heterocycles. The van der Waals surface area contributed by atoms with E-state index in [1.807, 2.05) is 44.2 Å². The van der Waals surface area contributed by atoms with Crippen LogP contribution in [0.3, 0.4) is 0 Å². The van der Waals surface area contributed by atoms with Gasteiger partial charge in [0, 0.05) is 6.42 Å². The van der Waals surface area contributed by atoms with Crippen LogP contribution >= 0.6 is 58.8 Å². The first-order valence-corrected chi connectivity index (χ1v) is 12.8. The average Bonchev–Trinajstić information content (AvgIpc) is 3.01. The molecule has 3 rings (SSSR count). The summed E-state index contributed by atoms with van der Waals surface area (Å²) in [5.74, 6) is 0.134. The van der Waals surface area contributed by atoms with Crippen molar-refractivity contribution in [2.75, 3.05) is 0 Å². The van der Waals surface area contributed by atoms with E-state index < -0.39 is 10.0 Å². The highest BCUT2D eigenvalue weighted by molar-refractivity contribution is 8.26. The van der Waals surface area contributed by atoms with Gasteiger partial charge in [-0.2, -0.15) is 0 Å². The third-order valence-electron chi connectivity index (χ3n) is 4.67. The van der Waals surface area contributed by atoms with Gasteiger partial charge in [0.15, 0.2) is 0 Å². The Morgan fingerprint density at radius 3 is 2.38 bits per heavy atom. The lowest BCUT2D eigenvalue weighted by atomic mass is 10.1. The van der Waals surface area contributed by atoms with E-state index in [2.05, 4.69) is 5.32 Å². The minimum absolute atomic E-state index is 0.136. The molecule has 5 nitrogen and oxygen atoms in total.